The molecule has 2 aromatic heterocycles. The van der Waals surface area contributed by atoms with Gasteiger partial charge in [-0.2, -0.15) is 4.37 Å². The third-order valence-electron chi connectivity index (χ3n) is 5.23. The van der Waals surface area contributed by atoms with Gasteiger partial charge in [0.15, 0.2) is 0 Å². The van der Waals surface area contributed by atoms with Crippen molar-refractivity contribution in [1.29, 1.82) is 0 Å². The normalized spacial score (nSPS) is 18.3. The number of fused-ring (bicyclic) bond motifs is 1. The molecular weight excluding hydrogens is 360 g/mol. The number of hydrogen-bond donors (Lipinski definition) is 0. The van der Waals surface area contributed by atoms with Crippen molar-refractivity contribution in [2.75, 3.05) is 67.2 Å². The highest BCUT2D eigenvalue weighted by Crippen LogP contribution is 2.30. The topological polar surface area (TPSA) is 57.6 Å². The molecule has 1 aromatic carbocycles. The van der Waals surface area contributed by atoms with Crippen LogP contribution < -0.4 is 14.7 Å². The lowest BCUT2D eigenvalue weighted by Gasteiger charge is -2.36. The number of rotatable bonds is 3. The molecule has 2 aliphatic heterocycles. The third-order valence-corrected chi connectivity index (χ3v) is 6.05. The van der Waals surface area contributed by atoms with Crippen LogP contribution in [0.2, 0.25) is 0 Å². The van der Waals surface area contributed by atoms with Crippen LogP contribution in [0.5, 0.6) is 0 Å². The first-order valence-corrected chi connectivity index (χ1v) is 10.1. The Morgan fingerprint density at radius 1 is 0.815 bits per heavy atom. The van der Waals surface area contributed by atoms with Crippen LogP contribution in [0.15, 0.2) is 36.7 Å². The summed E-state index contributed by atoms with van der Waals surface area (Å²) in [7, 11) is 0. The molecule has 0 spiro atoms. The van der Waals surface area contributed by atoms with Gasteiger partial charge in [0.05, 0.1) is 17.9 Å². The Balaban J connectivity index is 1.29. The lowest BCUT2D eigenvalue weighted by molar-refractivity contribution is 0.122. The van der Waals surface area contributed by atoms with E-state index < -0.39 is 0 Å². The van der Waals surface area contributed by atoms with Crippen molar-refractivity contribution in [2.24, 2.45) is 0 Å². The van der Waals surface area contributed by atoms with Crippen molar-refractivity contribution < 1.29 is 4.74 Å². The van der Waals surface area contributed by atoms with E-state index in [9.17, 15) is 0 Å². The highest BCUT2D eigenvalue weighted by Gasteiger charge is 2.22. The Labute approximate surface area is 162 Å². The summed E-state index contributed by atoms with van der Waals surface area (Å²) in [5.41, 5.74) is 0. The molecule has 0 radical (unpaired) electrons. The number of ether oxygens (including phenoxy) is 1. The van der Waals surface area contributed by atoms with Crippen molar-refractivity contribution in [3.63, 3.8) is 0 Å². The van der Waals surface area contributed by atoms with Crippen molar-refractivity contribution >= 4 is 39.1 Å². The summed E-state index contributed by atoms with van der Waals surface area (Å²) in [6.45, 7) is 7.08. The second-order valence-electron chi connectivity index (χ2n) is 6.81. The molecule has 4 heterocycles. The molecule has 0 amide bonds. The van der Waals surface area contributed by atoms with Crippen molar-refractivity contribution in [1.82, 2.24) is 14.3 Å². The SMILES string of the molecule is c1ccc2c(N3CCN(c4cc(N5CCOCC5)ncn4)CC3)nsc2c1. The van der Waals surface area contributed by atoms with Gasteiger partial charge < -0.3 is 19.4 Å². The smallest absolute Gasteiger partial charge is 0.150 e. The fraction of sp³-hybridized carbons (Fsp3) is 0.421. The van der Waals surface area contributed by atoms with E-state index in [0.29, 0.717) is 0 Å². The van der Waals surface area contributed by atoms with Gasteiger partial charge in [-0.25, -0.2) is 9.97 Å². The highest BCUT2D eigenvalue weighted by atomic mass is 32.1. The van der Waals surface area contributed by atoms with E-state index in [4.69, 9.17) is 9.11 Å². The molecule has 3 aromatic rings. The van der Waals surface area contributed by atoms with Gasteiger partial charge in [0.2, 0.25) is 0 Å². The molecular formula is C19H22N6OS. The maximum absolute atomic E-state index is 5.44. The second kappa shape index (κ2) is 7.28. The predicted octanol–water partition coefficient (Wildman–Crippen LogP) is 2.25. The van der Waals surface area contributed by atoms with Gasteiger partial charge in [-0.3, -0.25) is 0 Å². The van der Waals surface area contributed by atoms with Gasteiger partial charge in [-0.05, 0) is 23.7 Å². The van der Waals surface area contributed by atoms with Crippen LogP contribution in [0, 0.1) is 0 Å². The lowest BCUT2D eigenvalue weighted by Crippen LogP contribution is -2.47. The highest BCUT2D eigenvalue weighted by molar-refractivity contribution is 7.13. The van der Waals surface area contributed by atoms with Crippen LogP contribution in [0.4, 0.5) is 17.5 Å². The minimum absolute atomic E-state index is 0.764. The first-order valence-electron chi connectivity index (χ1n) is 9.37. The average Bonchev–Trinajstić information content (AvgIpc) is 3.19. The van der Waals surface area contributed by atoms with Crippen LogP contribution in [-0.2, 0) is 4.74 Å². The summed E-state index contributed by atoms with van der Waals surface area (Å²) in [6.07, 6.45) is 1.68. The quantitative estimate of drug-likeness (QED) is 0.689. The summed E-state index contributed by atoms with van der Waals surface area (Å²) in [4.78, 5) is 16.0. The van der Waals surface area contributed by atoms with E-state index in [1.54, 1.807) is 17.9 Å². The fourth-order valence-electron chi connectivity index (χ4n) is 3.72. The average molecular weight is 382 g/mol. The van der Waals surface area contributed by atoms with E-state index in [1.807, 2.05) is 0 Å². The molecule has 140 valence electrons. The van der Waals surface area contributed by atoms with Crippen LogP contribution in [0.1, 0.15) is 0 Å². The minimum atomic E-state index is 0.764. The number of morpholine rings is 1. The summed E-state index contributed by atoms with van der Waals surface area (Å²) in [6, 6.07) is 10.6. The van der Waals surface area contributed by atoms with E-state index in [-0.39, 0.29) is 0 Å². The Hall–Kier alpha value is -2.45. The van der Waals surface area contributed by atoms with E-state index in [1.165, 1.54) is 10.1 Å². The molecule has 8 heteroatoms. The van der Waals surface area contributed by atoms with Gasteiger partial charge >= 0.3 is 0 Å². The van der Waals surface area contributed by atoms with Crippen LogP contribution in [-0.4, -0.2) is 66.8 Å². The Morgan fingerprint density at radius 2 is 1.48 bits per heavy atom. The molecule has 2 saturated heterocycles. The second-order valence-corrected chi connectivity index (χ2v) is 7.62. The van der Waals surface area contributed by atoms with Gasteiger partial charge in [-0.15, -0.1) is 0 Å². The van der Waals surface area contributed by atoms with Crippen molar-refractivity contribution in [3.05, 3.63) is 36.7 Å². The number of aromatic nitrogens is 3. The zero-order valence-electron chi connectivity index (χ0n) is 15.1. The molecule has 27 heavy (non-hydrogen) atoms. The fourth-order valence-corrected chi connectivity index (χ4v) is 4.52. The first kappa shape index (κ1) is 16.7. The maximum Gasteiger partial charge on any atom is 0.150 e. The zero-order chi connectivity index (χ0) is 18.1. The largest absolute Gasteiger partial charge is 0.378 e. The summed E-state index contributed by atoms with van der Waals surface area (Å²) in [5, 5.41) is 1.26. The van der Waals surface area contributed by atoms with Gasteiger partial charge in [0.25, 0.3) is 0 Å². The molecule has 0 bridgehead atoms. The molecule has 2 fully saturated rings. The zero-order valence-corrected chi connectivity index (χ0v) is 15.9. The molecule has 7 nitrogen and oxygen atoms in total. The Morgan fingerprint density at radius 3 is 2.26 bits per heavy atom. The minimum Gasteiger partial charge on any atom is -0.378 e. The van der Waals surface area contributed by atoms with Crippen molar-refractivity contribution in [3.8, 4) is 0 Å². The molecule has 0 unspecified atom stereocenters. The molecule has 0 aliphatic carbocycles. The van der Waals surface area contributed by atoms with Crippen molar-refractivity contribution in [2.45, 2.75) is 0 Å². The molecule has 5 rings (SSSR count). The van der Waals surface area contributed by atoms with Gasteiger partial charge in [0, 0.05) is 50.7 Å². The maximum atomic E-state index is 5.44. The number of anilines is 3. The first-order chi connectivity index (χ1) is 13.4. The summed E-state index contributed by atoms with van der Waals surface area (Å²) >= 11 is 1.58. The molecule has 0 saturated carbocycles. The van der Waals surface area contributed by atoms with E-state index in [2.05, 4.69) is 55.0 Å². The van der Waals surface area contributed by atoms with Crippen LogP contribution in [0.3, 0.4) is 0 Å². The van der Waals surface area contributed by atoms with Crippen LogP contribution in [0.25, 0.3) is 10.1 Å². The van der Waals surface area contributed by atoms with E-state index >= 15 is 0 Å². The van der Waals surface area contributed by atoms with Gasteiger partial charge in [-0.1, -0.05) is 12.1 Å². The molecule has 2 aliphatic rings. The summed E-state index contributed by atoms with van der Waals surface area (Å²) in [5.74, 6) is 3.12. The predicted molar refractivity (Wildman–Crippen MR) is 109 cm³/mol. The Kier molecular flexibility index (Phi) is 4.51. The number of benzene rings is 1. The third kappa shape index (κ3) is 3.30. The Bertz CT molecular complexity index is 917. The van der Waals surface area contributed by atoms with Gasteiger partial charge in [0.1, 0.15) is 23.8 Å². The number of hydrogen-bond acceptors (Lipinski definition) is 8. The number of nitrogens with zero attached hydrogens (tertiary/aromatic N) is 6. The lowest BCUT2D eigenvalue weighted by atomic mass is 10.2. The van der Waals surface area contributed by atoms with Crippen LogP contribution >= 0.6 is 11.5 Å². The standard InChI is InChI=1S/C19H22N6OS/c1-2-4-16-15(3-1)19(22-27-16)25-7-5-23(6-8-25)17-13-18(21-14-20-17)24-9-11-26-12-10-24/h1-4,13-14H,5-12H2. The molecule has 0 atom stereocenters. The number of piperazine rings is 1. The molecule has 0 N–H and O–H groups in total. The summed E-state index contributed by atoms with van der Waals surface area (Å²) < 4.78 is 11.4. The van der Waals surface area contributed by atoms with E-state index in [0.717, 1.165) is 69.9 Å². The monoisotopic (exact) mass is 382 g/mol.